The molecule has 3 rings (SSSR count). The number of nitrogens with zero attached hydrogens (tertiary/aromatic N) is 1. The fourth-order valence-corrected chi connectivity index (χ4v) is 4.03. The van der Waals surface area contributed by atoms with Crippen molar-refractivity contribution < 1.29 is 23.4 Å². The van der Waals surface area contributed by atoms with Gasteiger partial charge in [-0.1, -0.05) is 6.42 Å². The van der Waals surface area contributed by atoms with E-state index in [1.165, 1.54) is 31.4 Å². The Morgan fingerprint density at radius 2 is 1.83 bits per heavy atom. The summed E-state index contributed by atoms with van der Waals surface area (Å²) in [5.41, 5.74) is 6.67. The average molecular weight is 487 g/mol. The summed E-state index contributed by atoms with van der Waals surface area (Å²) in [6, 6.07) is 8.51. The molecule has 35 heavy (non-hydrogen) atoms. The molecule has 0 amide bonds. The number of likely N-dealkylation sites (tertiary alicyclic amines) is 1. The van der Waals surface area contributed by atoms with E-state index < -0.39 is 17.8 Å². The van der Waals surface area contributed by atoms with Gasteiger partial charge in [-0.05, 0) is 70.1 Å². The lowest BCUT2D eigenvalue weighted by atomic mass is 10.0. The maximum atomic E-state index is 15.7. The van der Waals surface area contributed by atoms with Crippen LogP contribution in [0.4, 0.5) is 10.1 Å². The molecule has 8 nitrogen and oxygen atoms in total. The highest BCUT2D eigenvalue weighted by atomic mass is 19.1. The highest BCUT2D eigenvalue weighted by Crippen LogP contribution is 2.34. The lowest BCUT2D eigenvalue weighted by Gasteiger charge is -2.26. The first-order valence-corrected chi connectivity index (χ1v) is 12.1. The number of amidine groups is 1. The fraction of sp³-hybridized carbons (Fsp3) is 0.462. The van der Waals surface area contributed by atoms with Crippen LogP contribution in [0.15, 0.2) is 36.4 Å². The van der Waals surface area contributed by atoms with Crippen LogP contribution in [0, 0.1) is 11.2 Å². The summed E-state index contributed by atoms with van der Waals surface area (Å²) in [4.78, 5) is 15.2. The van der Waals surface area contributed by atoms with Gasteiger partial charge in [0, 0.05) is 29.4 Å². The zero-order valence-corrected chi connectivity index (χ0v) is 20.4. The van der Waals surface area contributed by atoms with Crippen molar-refractivity contribution in [1.82, 2.24) is 4.90 Å². The van der Waals surface area contributed by atoms with Crippen molar-refractivity contribution in [3.8, 4) is 11.5 Å². The first-order valence-electron chi connectivity index (χ1n) is 12.1. The summed E-state index contributed by atoms with van der Waals surface area (Å²) in [6.07, 6.45) is 3.57. The van der Waals surface area contributed by atoms with E-state index in [-0.39, 0.29) is 23.8 Å². The summed E-state index contributed by atoms with van der Waals surface area (Å²) in [6.45, 7) is 7.12. The Labute approximate surface area is 206 Å². The van der Waals surface area contributed by atoms with Gasteiger partial charge >= 0.3 is 5.97 Å². The molecule has 2 aromatic rings. The Kier molecular flexibility index (Phi) is 9.72. The largest absolute Gasteiger partial charge is 0.494 e. The van der Waals surface area contributed by atoms with E-state index in [1.807, 2.05) is 6.92 Å². The molecule has 0 radical (unpaired) electrons. The molecule has 2 aromatic carbocycles. The molecule has 190 valence electrons. The molecule has 1 aliphatic heterocycles. The van der Waals surface area contributed by atoms with Gasteiger partial charge in [0.2, 0.25) is 0 Å². The number of nitrogen functional groups attached to an aromatic ring is 1. The number of nitrogens with one attached hydrogen (secondary N) is 2. The van der Waals surface area contributed by atoms with Crippen molar-refractivity contribution >= 4 is 17.5 Å². The number of anilines is 1. The summed E-state index contributed by atoms with van der Waals surface area (Å²) >= 11 is 0. The van der Waals surface area contributed by atoms with Crippen molar-refractivity contribution in [3.05, 3.63) is 53.3 Å². The van der Waals surface area contributed by atoms with Gasteiger partial charge in [0.25, 0.3) is 0 Å². The molecule has 1 atom stereocenters. The predicted molar refractivity (Wildman–Crippen MR) is 134 cm³/mol. The number of carbonyl (C=O) groups excluding carboxylic acids is 1. The molecule has 9 heteroatoms. The molecule has 0 saturated carbocycles. The second kappa shape index (κ2) is 12.9. The lowest BCUT2D eigenvalue weighted by molar-refractivity contribution is -0.144. The number of piperidine rings is 1. The first-order chi connectivity index (χ1) is 16.9. The number of carbonyl (C=O) groups is 1. The maximum absolute atomic E-state index is 15.7. The number of halogens is 1. The monoisotopic (exact) mass is 486 g/mol. The highest BCUT2D eigenvalue weighted by Gasteiger charge is 2.28. The van der Waals surface area contributed by atoms with E-state index in [9.17, 15) is 4.79 Å². The van der Waals surface area contributed by atoms with Gasteiger partial charge < -0.3 is 25.3 Å². The average Bonchev–Trinajstić information content (AvgIpc) is 2.85. The first kappa shape index (κ1) is 26.3. The summed E-state index contributed by atoms with van der Waals surface area (Å²) < 4.78 is 32.4. The van der Waals surface area contributed by atoms with Crippen LogP contribution >= 0.6 is 0 Å². The summed E-state index contributed by atoms with van der Waals surface area (Å²) in [5.74, 6) is -0.904. The SMILES string of the molecule is CCOC(=O)C(Nc1ccc(C(=N)N)cc1)c1cc(OCC)cc(OCCN2CCCCC2)c1F. The van der Waals surface area contributed by atoms with Crippen LogP contribution in [-0.4, -0.2) is 56.2 Å². The molecule has 1 aliphatic rings. The van der Waals surface area contributed by atoms with Gasteiger partial charge in [-0.3, -0.25) is 10.3 Å². The molecule has 1 fully saturated rings. The van der Waals surface area contributed by atoms with Crippen LogP contribution in [0.25, 0.3) is 0 Å². The van der Waals surface area contributed by atoms with Crippen LogP contribution in [0.5, 0.6) is 11.5 Å². The van der Waals surface area contributed by atoms with Gasteiger partial charge in [-0.25, -0.2) is 9.18 Å². The van der Waals surface area contributed by atoms with Gasteiger partial charge in [0.1, 0.15) is 18.2 Å². The van der Waals surface area contributed by atoms with E-state index in [1.54, 1.807) is 31.2 Å². The van der Waals surface area contributed by atoms with Crippen LogP contribution in [0.2, 0.25) is 0 Å². The van der Waals surface area contributed by atoms with E-state index in [0.29, 0.717) is 36.8 Å². The number of rotatable bonds is 12. The van der Waals surface area contributed by atoms with Crippen molar-refractivity contribution in [1.29, 1.82) is 5.41 Å². The number of hydrogen-bond acceptors (Lipinski definition) is 7. The zero-order valence-electron chi connectivity index (χ0n) is 20.4. The summed E-state index contributed by atoms with van der Waals surface area (Å²) in [7, 11) is 0. The van der Waals surface area contributed by atoms with Gasteiger partial charge in [-0.15, -0.1) is 0 Å². The normalized spacial score (nSPS) is 14.7. The van der Waals surface area contributed by atoms with Crippen molar-refractivity contribution in [2.24, 2.45) is 5.73 Å². The van der Waals surface area contributed by atoms with Crippen LogP contribution in [-0.2, 0) is 9.53 Å². The molecule has 0 spiro atoms. The predicted octanol–water partition coefficient (Wildman–Crippen LogP) is 4.09. The minimum Gasteiger partial charge on any atom is -0.494 e. The number of esters is 1. The Morgan fingerprint density at radius 1 is 1.11 bits per heavy atom. The smallest absolute Gasteiger partial charge is 0.333 e. The molecular formula is C26H35FN4O4. The molecule has 1 unspecified atom stereocenters. The minimum absolute atomic E-state index is 0.0333. The molecule has 0 bridgehead atoms. The molecule has 0 aliphatic carbocycles. The number of ether oxygens (including phenoxy) is 3. The van der Waals surface area contributed by atoms with Gasteiger partial charge in [0.15, 0.2) is 17.6 Å². The van der Waals surface area contributed by atoms with Crippen molar-refractivity contribution in [2.45, 2.75) is 39.2 Å². The second-order valence-corrected chi connectivity index (χ2v) is 8.33. The highest BCUT2D eigenvalue weighted by molar-refractivity contribution is 5.95. The Balaban J connectivity index is 1.87. The Bertz CT molecular complexity index is 994. The number of nitrogens with two attached hydrogens (primary N) is 1. The second-order valence-electron chi connectivity index (χ2n) is 8.33. The molecule has 4 N–H and O–H groups in total. The Hall–Kier alpha value is -3.33. The van der Waals surface area contributed by atoms with Crippen LogP contribution < -0.4 is 20.5 Å². The van der Waals surface area contributed by atoms with E-state index in [4.69, 9.17) is 25.4 Å². The van der Waals surface area contributed by atoms with Crippen molar-refractivity contribution in [3.63, 3.8) is 0 Å². The maximum Gasteiger partial charge on any atom is 0.333 e. The van der Waals surface area contributed by atoms with Gasteiger partial charge in [0.05, 0.1) is 13.2 Å². The Morgan fingerprint density at radius 3 is 2.46 bits per heavy atom. The third kappa shape index (κ3) is 7.32. The van der Waals surface area contributed by atoms with Crippen LogP contribution in [0.1, 0.15) is 50.3 Å². The lowest BCUT2D eigenvalue weighted by Crippen LogP contribution is -2.33. The molecule has 1 heterocycles. The molecule has 1 saturated heterocycles. The molecule has 0 aromatic heterocycles. The van der Waals surface area contributed by atoms with Gasteiger partial charge in [-0.2, -0.15) is 0 Å². The summed E-state index contributed by atoms with van der Waals surface area (Å²) in [5, 5.41) is 10.6. The number of benzene rings is 2. The third-order valence-electron chi connectivity index (χ3n) is 5.81. The standard InChI is InChI=1S/C26H35FN4O4/c1-3-33-20-16-21(23(27)22(17-20)35-15-14-31-12-6-5-7-13-31)24(26(32)34-4-2)30-19-10-8-18(9-11-19)25(28)29/h8-11,16-17,24,30H,3-7,12-15H2,1-2H3,(H3,28,29). The van der Waals surface area contributed by atoms with E-state index in [2.05, 4.69) is 10.2 Å². The quantitative estimate of drug-likeness (QED) is 0.235. The van der Waals surface area contributed by atoms with Crippen LogP contribution in [0.3, 0.4) is 0 Å². The van der Waals surface area contributed by atoms with Crippen molar-refractivity contribution in [2.75, 3.05) is 44.8 Å². The minimum atomic E-state index is -1.14. The zero-order chi connectivity index (χ0) is 25.2. The topological polar surface area (TPSA) is 110 Å². The fourth-order valence-electron chi connectivity index (χ4n) is 4.03. The number of hydrogen-bond donors (Lipinski definition) is 3. The third-order valence-corrected chi connectivity index (χ3v) is 5.81. The van der Waals surface area contributed by atoms with E-state index in [0.717, 1.165) is 13.1 Å². The van der Waals surface area contributed by atoms with E-state index >= 15 is 4.39 Å². The molecular weight excluding hydrogens is 451 g/mol.